The zero-order valence-corrected chi connectivity index (χ0v) is 19.1. The van der Waals surface area contributed by atoms with Crippen molar-refractivity contribution in [1.82, 2.24) is 4.90 Å². The number of nitrogens with zero attached hydrogens (tertiary/aromatic N) is 1. The Hall–Kier alpha value is -3.09. The molecule has 0 saturated carbocycles. The van der Waals surface area contributed by atoms with Crippen LogP contribution in [-0.4, -0.2) is 28.3 Å². The van der Waals surface area contributed by atoms with Gasteiger partial charge in [-0.3, -0.25) is 9.69 Å². The summed E-state index contributed by atoms with van der Waals surface area (Å²) < 4.78 is 12.0. The van der Waals surface area contributed by atoms with Gasteiger partial charge in [0.1, 0.15) is 15.8 Å². The Kier molecular flexibility index (Phi) is 7.59. The summed E-state index contributed by atoms with van der Waals surface area (Å²) >= 11 is 6.77. The monoisotopic (exact) mass is 461 g/mol. The van der Waals surface area contributed by atoms with Crippen molar-refractivity contribution in [1.29, 1.82) is 0 Å². The van der Waals surface area contributed by atoms with Crippen LogP contribution < -0.4 is 9.47 Å². The van der Waals surface area contributed by atoms with E-state index in [0.717, 1.165) is 29.0 Å². The summed E-state index contributed by atoms with van der Waals surface area (Å²) in [7, 11) is 0. The molecule has 162 valence electrons. The number of thioether (sulfide) groups is 1. The summed E-state index contributed by atoms with van der Waals surface area (Å²) in [6.45, 7) is 1.67. The first-order chi connectivity index (χ1) is 15.7. The fourth-order valence-corrected chi connectivity index (χ4v) is 4.42. The first kappa shape index (κ1) is 22.1. The van der Waals surface area contributed by atoms with E-state index in [9.17, 15) is 4.79 Å². The van der Waals surface area contributed by atoms with Crippen molar-refractivity contribution >= 4 is 40.3 Å². The highest BCUT2D eigenvalue weighted by molar-refractivity contribution is 8.26. The van der Waals surface area contributed by atoms with E-state index >= 15 is 0 Å². The molecule has 3 aromatic carbocycles. The molecular formula is C26H23NO3S2. The predicted octanol–water partition coefficient (Wildman–Crippen LogP) is 5.94. The number of amides is 1. The summed E-state index contributed by atoms with van der Waals surface area (Å²) in [5.74, 6) is 1.60. The fourth-order valence-electron chi connectivity index (χ4n) is 3.17. The first-order valence-corrected chi connectivity index (χ1v) is 11.6. The van der Waals surface area contributed by atoms with Gasteiger partial charge in [-0.15, -0.1) is 0 Å². The summed E-state index contributed by atoms with van der Waals surface area (Å²) in [6, 6.07) is 27.3. The molecule has 0 unspecified atom stereocenters. The normalized spacial score (nSPS) is 14.8. The zero-order valence-electron chi connectivity index (χ0n) is 17.5. The number of carbonyl (C=O) groups is 1. The number of para-hydroxylation sites is 1. The number of carbonyl (C=O) groups excluding carboxylic acids is 1. The largest absolute Gasteiger partial charge is 0.493 e. The Morgan fingerprint density at radius 2 is 1.41 bits per heavy atom. The predicted molar refractivity (Wildman–Crippen MR) is 134 cm³/mol. The van der Waals surface area contributed by atoms with Gasteiger partial charge in [-0.25, -0.2) is 0 Å². The standard InChI is InChI=1S/C26H23NO3S2/c28-25-24(32-26(31)27(25)19-21-8-3-1-4-9-21)18-20-12-14-23(15-13-20)30-17-7-16-29-22-10-5-2-6-11-22/h1-6,8-15,18H,7,16-17,19H2. The van der Waals surface area contributed by atoms with Gasteiger partial charge >= 0.3 is 0 Å². The second-order valence-electron chi connectivity index (χ2n) is 7.19. The molecule has 0 spiro atoms. The lowest BCUT2D eigenvalue weighted by Gasteiger charge is -2.14. The summed E-state index contributed by atoms with van der Waals surface area (Å²) in [6.07, 6.45) is 2.67. The van der Waals surface area contributed by atoms with Crippen molar-refractivity contribution in [2.24, 2.45) is 0 Å². The number of hydrogen-bond acceptors (Lipinski definition) is 5. The third-order valence-corrected chi connectivity index (χ3v) is 6.18. The Morgan fingerprint density at radius 3 is 2.06 bits per heavy atom. The lowest BCUT2D eigenvalue weighted by atomic mass is 10.2. The number of hydrogen-bond donors (Lipinski definition) is 0. The van der Waals surface area contributed by atoms with Crippen LogP contribution in [0.15, 0.2) is 89.8 Å². The molecule has 1 aliphatic rings. The Morgan fingerprint density at radius 1 is 0.812 bits per heavy atom. The van der Waals surface area contributed by atoms with Crippen molar-refractivity contribution < 1.29 is 14.3 Å². The lowest BCUT2D eigenvalue weighted by Crippen LogP contribution is -2.27. The van der Waals surface area contributed by atoms with E-state index in [4.69, 9.17) is 21.7 Å². The van der Waals surface area contributed by atoms with Gasteiger partial charge < -0.3 is 9.47 Å². The van der Waals surface area contributed by atoms with E-state index in [1.54, 1.807) is 4.90 Å². The summed E-state index contributed by atoms with van der Waals surface area (Å²) in [5, 5.41) is 0. The molecule has 32 heavy (non-hydrogen) atoms. The molecule has 1 amide bonds. The van der Waals surface area contributed by atoms with Gasteiger partial charge in [0.25, 0.3) is 5.91 Å². The van der Waals surface area contributed by atoms with E-state index in [1.165, 1.54) is 11.8 Å². The van der Waals surface area contributed by atoms with Gasteiger partial charge in [0.05, 0.1) is 24.7 Å². The molecule has 3 aromatic rings. The second kappa shape index (κ2) is 11.0. The quantitative estimate of drug-likeness (QED) is 0.224. The Labute approximate surface area is 197 Å². The topological polar surface area (TPSA) is 38.8 Å². The van der Waals surface area contributed by atoms with E-state index in [2.05, 4.69) is 0 Å². The van der Waals surface area contributed by atoms with Gasteiger partial charge in [-0.05, 0) is 41.5 Å². The molecule has 0 radical (unpaired) electrons. The SMILES string of the molecule is O=C1C(=Cc2ccc(OCCCOc3ccccc3)cc2)SC(=S)N1Cc1ccccc1. The highest BCUT2D eigenvalue weighted by atomic mass is 32.2. The maximum atomic E-state index is 12.8. The third kappa shape index (κ3) is 5.99. The summed E-state index contributed by atoms with van der Waals surface area (Å²) in [4.78, 5) is 15.1. The van der Waals surface area contributed by atoms with Crippen LogP contribution in [-0.2, 0) is 11.3 Å². The van der Waals surface area contributed by atoms with E-state index in [-0.39, 0.29) is 5.91 Å². The molecule has 4 nitrogen and oxygen atoms in total. The third-order valence-electron chi connectivity index (χ3n) is 4.80. The van der Waals surface area contributed by atoms with Crippen LogP contribution in [0.2, 0.25) is 0 Å². The minimum absolute atomic E-state index is 0.0532. The maximum absolute atomic E-state index is 12.8. The van der Waals surface area contributed by atoms with Gasteiger partial charge in [-0.1, -0.05) is 84.6 Å². The first-order valence-electron chi connectivity index (χ1n) is 10.4. The fraction of sp³-hybridized carbons (Fsp3) is 0.154. The molecule has 1 fully saturated rings. The molecule has 1 saturated heterocycles. The van der Waals surface area contributed by atoms with Crippen molar-refractivity contribution in [3.8, 4) is 11.5 Å². The number of rotatable bonds is 9. The number of thiocarbonyl (C=S) groups is 1. The van der Waals surface area contributed by atoms with Crippen LogP contribution in [0.1, 0.15) is 17.5 Å². The molecular weight excluding hydrogens is 438 g/mol. The molecule has 0 aliphatic carbocycles. The molecule has 0 bridgehead atoms. The zero-order chi connectivity index (χ0) is 22.2. The van der Waals surface area contributed by atoms with Crippen molar-refractivity contribution in [2.45, 2.75) is 13.0 Å². The van der Waals surface area contributed by atoms with Crippen LogP contribution in [0.3, 0.4) is 0 Å². The summed E-state index contributed by atoms with van der Waals surface area (Å²) in [5.41, 5.74) is 1.99. The molecule has 0 N–H and O–H groups in total. The van der Waals surface area contributed by atoms with Gasteiger partial charge in [0.2, 0.25) is 0 Å². The molecule has 4 rings (SSSR count). The van der Waals surface area contributed by atoms with E-state index in [1.807, 2.05) is 91.0 Å². The molecule has 1 heterocycles. The average Bonchev–Trinajstić information content (AvgIpc) is 3.08. The second-order valence-corrected chi connectivity index (χ2v) is 8.86. The lowest BCUT2D eigenvalue weighted by molar-refractivity contribution is -0.122. The number of benzene rings is 3. The average molecular weight is 462 g/mol. The van der Waals surface area contributed by atoms with Crippen molar-refractivity contribution in [3.05, 3.63) is 101 Å². The van der Waals surface area contributed by atoms with Crippen LogP contribution in [0, 0.1) is 0 Å². The maximum Gasteiger partial charge on any atom is 0.266 e. The Bertz CT molecular complexity index is 1080. The van der Waals surface area contributed by atoms with Gasteiger partial charge in [-0.2, -0.15) is 0 Å². The minimum atomic E-state index is -0.0532. The van der Waals surface area contributed by atoms with Crippen molar-refractivity contribution in [2.75, 3.05) is 13.2 Å². The van der Waals surface area contributed by atoms with Crippen molar-refractivity contribution in [3.63, 3.8) is 0 Å². The smallest absolute Gasteiger partial charge is 0.266 e. The molecule has 1 aliphatic heterocycles. The molecule has 0 aromatic heterocycles. The van der Waals surface area contributed by atoms with Crippen LogP contribution in [0.5, 0.6) is 11.5 Å². The van der Waals surface area contributed by atoms with Gasteiger partial charge in [0, 0.05) is 6.42 Å². The van der Waals surface area contributed by atoms with Crippen LogP contribution >= 0.6 is 24.0 Å². The van der Waals surface area contributed by atoms with Crippen LogP contribution in [0.25, 0.3) is 6.08 Å². The minimum Gasteiger partial charge on any atom is -0.493 e. The van der Waals surface area contributed by atoms with E-state index < -0.39 is 0 Å². The number of ether oxygens (including phenoxy) is 2. The molecule has 6 heteroatoms. The highest BCUT2D eigenvalue weighted by Crippen LogP contribution is 2.33. The molecule has 0 atom stereocenters. The van der Waals surface area contributed by atoms with Crippen LogP contribution in [0.4, 0.5) is 0 Å². The van der Waals surface area contributed by atoms with E-state index in [0.29, 0.717) is 29.0 Å². The van der Waals surface area contributed by atoms with Gasteiger partial charge in [0.15, 0.2) is 0 Å². The Balaban J connectivity index is 1.27. The highest BCUT2D eigenvalue weighted by Gasteiger charge is 2.31.